The fraction of sp³-hybridized carbons (Fsp3) is 0.0588. The minimum Gasteiger partial charge on any atom is -0.350 e. The number of primary sulfonamides is 1. The number of nitrogens with one attached hydrogen (secondary N) is 1. The number of aromatic nitrogens is 1. The summed E-state index contributed by atoms with van der Waals surface area (Å²) in [5.41, 5.74) is 0.00614. The van der Waals surface area contributed by atoms with E-state index >= 15 is 0 Å². The van der Waals surface area contributed by atoms with Crippen LogP contribution >= 0.6 is 0 Å². The second kappa shape index (κ2) is 6.36. The first-order valence-electron chi connectivity index (χ1n) is 7.40. The average Bonchev–Trinajstić information content (AvgIpc) is 2.57. The van der Waals surface area contributed by atoms with E-state index in [0.717, 1.165) is 6.07 Å². The number of hydrogen-bond acceptors (Lipinski definition) is 4. The van der Waals surface area contributed by atoms with Gasteiger partial charge in [-0.1, -0.05) is 0 Å². The minimum absolute atomic E-state index is 0.0877. The smallest absolute Gasteiger partial charge is 0.261 e. The lowest BCUT2D eigenvalue weighted by Gasteiger charge is -2.10. The van der Waals surface area contributed by atoms with Crippen LogP contribution in [-0.4, -0.2) is 18.9 Å². The molecule has 0 aliphatic rings. The Balaban J connectivity index is 1.98. The third-order valence-electron chi connectivity index (χ3n) is 3.84. The number of benzene rings is 2. The van der Waals surface area contributed by atoms with Crippen molar-refractivity contribution in [3.8, 4) is 0 Å². The Hall–Kier alpha value is -3.04. The Morgan fingerprint density at radius 3 is 2.42 bits per heavy atom. The van der Waals surface area contributed by atoms with Crippen LogP contribution in [0.15, 0.2) is 58.4 Å². The van der Waals surface area contributed by atoms with E-state index in [0.29, 0.717) is 5.52 Å². The Kier molecular flexibility index (Phi) is 4.34. The zero-order chi connectivity index (χ0) is 19.1. The number of amides is 1. The highest BCUT2D eigenvalue weighted by Gasteiger charge is 2.16. The van der Waals surface area contributed by atoms with Gasteiger partial charge in [0.15, 0.2) is 0 Å². The standard InChI is InChI=1S/C17H14FN3O4S/c1-21-9-14(16(22)13-8-10(18)2-7-15(13)21)17(23)20-11-3-5-12(6-4-11)26(19,24)25/h2-9H,1H3,(H,20,23)(H2,19,24,25). The van der Waals surface area contributed by atoms with Crippen molar-refractivity contribution in [3.63, 3.8) is 0 Å². The minimum atomic E-state index is -3.84. The van der Waals surface area contributed by atoms with Gasteiger partial charge in [0.1, 0.15) is 11.4 Å². The molecule has 3 rings (SSSR count). The second-order valence-electron chi connectivity index (χ2n) is 5.67. The fourth-order valence-corrected chi connectivity index (χ4v) is 3.07. The van der Waals surface area contributed by atoms with Crippen LogP contribution in [0.2, 0.25) is 0 Å². The lowest BCUT2D eigenvalue weighted by molar-refractivity contribution is 0.102. The van der Waals surface area contributed by atoms with Gasteiger partial charge in [0.05, 0.1) is 10.4 Å². The quantitative estimate of drug-likeness (QED) is 0.724. The number of fused-ring (bicyclic) bond motifs is 1. The molecule has 3 N–H and O–H groups in total. The summed E-state index contributed by atoms with van der Waals surface area (Å²) in [6.45, 7) is 0. The Morgan fingerprint density at radius 1 is 1.15 bits per heavy atom. The lowest BCUT2D eigenvalue weighted by atomic mass is 10.1. The zero-order valence-electron chi connectivity index (χ0n) is 13.6. The number of rotatable bonds is 3. The van der Waals surface area contributed by atoms with E-state index in [1.54, 1.807) is 11.6 Å². The molecule has 1 aromatic heterocycles. The maximum absolute atomic E-state index is 13.5. The van der Waals surface area contributed by atoms with Crippen molar-refractivity contribution in [2.75, 3.05) is 5.32 Å². The summed E-state index contributed by atoms with van der Waals surface area (Å²) in [6.07, 6.45) is 1.36. The van der Waals surface area contributed by atoms with Crippen LogP contribution in [0.25, 0.3) is 10.9 Å². The number of aryl methyl sites for hydroxylation is 1. The van der Waals surface area contributed by atoms with Crippen LogP contribution in [0.4, 0.5) is 10.1 Å². The fourth-order valence-electron chi connectivity index (χ4n) is 2.55. The van der Waals surface area contributed by atoms with Gasteiger partial charge in [0.25, 0.3) is 5.91 Å². The first kappa shape index (κ1) is 17.8. The Morgan fingerprint density at radius 2 is 1.81 bits per heavy atom. The van der Waals surface area contributed by atoms with Crippen LogP contribution in [0, 0.1) is 5.82 Å². The summed E-state index contributed by atoms with van der Waals surface area (Å²) in [5, 5.41) is 7.60. The molecule has 0 radical (unpaired) electrons. The van der Waals surface area contributed by atoms with Gasteiger partial charge in [0.2, 0.25) is 15.5 Å². The van der Waals surface area contributed by atoms with Crippen molar-refractivity contribution in [3.05, 3.63) is 70.3 Å². The molecule has 7 nitrogen and oxygen atoms in total. The Bertz CT molecular complexity index is 1190. The SMILES string of the molecule is Cn1cc(C(=O)Nc2ccc(S(N)(=O)=O)cc2)c(=O)c2cc(F)ccc21. The molecule has 0 aliphatic heterocycles. The van der Waals surface area contributed by atoms with Crippen molar-refractivity contribution in [2.45, 2.75) is 4.90 Å². The number of nitrogens with zero attached hydrogens (tertiary/aromatic N) is 1. The number of carbonyl (C=O) groups is 1. The lowest BCUT2D eigenvalue weighted by Crippen LogP contribution is -2.23. The molecular weight excluding hydrogens is 361 g/mol. The van der Waals surface area contributed by atoms with Gasteiger partial charge in [-0.3, -0.25) is 9.59 Å². The van der Waals surface area contributed by atoms with Gasteiger partial charge in [-0.15, -0.1) is 0 Å². The maximum atomic E-state index is 13.5. The summed E-state index contributed by atoms with van der Waals surface area (Å²) in [6, 6.07) is 8.94. The maximum Gasteiger partial charge on any atom is 0.261 e. The van der Waals surface area contributed by atoms with E-state index in [9.17, 15) is 22.4 Å². The van der Waals surface area contributed by atoms with Gasteiger partial charge in [0, 0.05) is 24.3 Å². The largest absolute Gasteiger partial charge is 0.350 e. The molecule has 1 amide bonds. The normalized spacial score (nSPS) is 11.5. The number of nitrogens with two attached hydrogens (primary N) is 1. The summed E-state index contributed by atoms with van der Waals surface area (Å²) >= 11 is 0. The molecule has 0 saturated heterocycles. The van der Waals surface area contributed by atoms with E-state index in [-0.39, 0.29) is 21.5 Å². The molecule has 3 aromatic rings. The third-order valence-corrected chi connectivity index (χ3v) is 4.77. The van der Waals surface area contributed by atoms with E-state index in [1.165, 1.54) is 42.6 Å². The van der Waals surface area contributed by atoms with Crippen molar-refractivity contribution >= 4 is 32.5 Å². The van der Waals surface area contributed by atoms with Crippen LogP contribution < -0.4 is 15.9 Å². The number of carbonyl (C=O) groups excluding carboxylic acids is 1. The predicted octanol–water partition coefficient (Wildman–Crippen LogP) is 1.58. The molecular formula is C17H14FN3O4S. The van der Waals surface area contributed by atoms with Crippen molar-refractivity contribution in [2.24, 2.45) is 12.2 Å². The molecule has 2 aromatic carbocycles. The number of pyridine rings is 1. The van der Waals surface area contributed by atoms with E-state index < -0.39 is 27.2 Å². The first-order chi connectivity index (χ1) is 12.2. The number of halogens is 1. The zero-order valence-corrected chi connectivity index (χ0v) is 14.4. The van der Waals surface area contributed by atoms with Crippen molar-refractivity contribution in [1.29, 1.82) is 0 Å². The molecule has 0 spiro atoms. The molecule has 0 fully saturated rings. The first-order valence-corrected chi connectivity index (χ1v) is 8.94. The van der Waals surface area contributed by atoms with Crippen LogP contribution in [0.1, 0.15) is 10.4 Å². The number of sulfonamides is 1. The molecule has 0 bridgehead atoms. The topological polar surface area (TPSA) is 111 Å². The highest BCUT2D eigenvalue weighted by Crippen LogP contribution is 2.15. The second-order valence-corrected chi connectivity index (χ2v) is 7.23. The van der Waals surface area contributed by atoms with Crippen molar-refractivity contribution in [1.82, 2.24) is 4.57 Å². The van der Waals surface area contributed by atoms with Gasteiger partial charge < -0.3 is 9.88 Å². The Labute approximate surface area is 147 Å². The monoisotopic (exact) mass is 375 g/mol. The molecule has 9 heteroatoms. The molecule has 26 heavy (non-hydrogen) atoms. The molecule has 1 heterocycles. The predicted molar refractivity (Wildman–Crippen MR) is 94.9 cm³/mol. The van der Waals surface area contributed by atoms with Gasteiger partial charge >= 0.3 is 0 Å². The number of anilines is 1. The van der Waals surface area contributed by atoms with Gasteiger partial charge in [-0.25, -0.2) is 17.9 Å². The molecule has 0 aliphatic carbocycles. The van der Waals surface area contributed by atoms with Crippen LogP contribution in [0.5, 0.6) is 0 Å². The highest BCUT2D eigenvalue weighted by molar-refractivity contribution is 7.89. The summed E-state index contributed by atoms with van der Waals surface area (Å²) in [5.74, 6) is -1.27. The van der Waals surface area contributed by atoms with E-state index in [1.807, 2.05) is 0 Å². The van der Waals surface area contributed by atoms with E-state index in [2.05, 4.69) is 5.32 Å². The highest BCUT2D eigenvalue weighted by atomic mass is 32.2. The summed E-state index contributed by atoms with van der Waals surface area (Å²) < 4.78 is 37.5. The molecule has 0 atom stereocenters. The van der Waals surface area contributed by atoms with Crippen LogP contribution in [-0.2, 0) is 17.1 Å². The van der Waals surface area contributed by atoms with Gasteiger partial charge in [-0.2, -0.15) is 0 Å². The average molecular weight is 375 g/mol. The molecule has 0 saturated carbocycles. The molecule has 0 unspecified atom stereocenters. The third kappa shape index (κ3) is 3.35. The summed E-state index contributed by atoms with van der Waals surface area (Å²) in [7, 11) is -2.21. The number of hydrogen-bond donors (Lipinski definition) is 2. The van der Waals surface area contributed by atoms with Crippen LogP contribution in [0.3, 0.4) is 0 Å². The van der Waals surface area contributed by atoms with Gasteiger partial charge in [-0.05, 0) is 42.5 Å². The van der Waals surface area contributed by atoms with Crippen molar-refractivity contribution < 1.29 is 17.6 Å². The van der Waals surface area contributed by atoms with E-state index in [4.69, 9.17) is 5.14 Å². The molecule has 134 valence electrons. The summed E-state index contributed by atoms with van der Waals surface area (Å²) in [4.78, 5) is 24.8.